The molecule has 3 N–H and O–H groups in total. The van der Waals surface area contributed by atoms with Crippen LogP contribution in [0, 0.1) is 6.92 Å². The molecule has 2 aromatic heterocycles. The molecule has 1 aliphatic rings. The van der Waals surface area contributed by atoms with E-state index in [9.17, 15) is 4.79 Å². The summed E-state index contributed by atoms with van der Waals surface area (Å²) < 4.78 is 9.25. The summed E-state index contributed by atoms with van der Waals surface area (Å²) in [7, 11) is 0. The lowest BCUT2D eigenvalue weighted by molar-refractivity contribution is 0.251. The number of nitrogens with two attached hydrogens (primary N) is 1. The minimum Gasteiger partial charge on any atom is -0.457 e. The lowest BCUT2D eigenvalue weighted by Gasteiger charge is -2.22. The number of nitrogens with one attached hydrogen (secondary N) is 1. The van der Waals surface area contributed by atoms with Crippen molar-refractivity contribution in [3.8, 4) is 22.8 Å². The van der Waals surface area contributed by atoms with Crippen molar-refractivity contribution in [2.24, 2.45) is 5.73 Å². The minimum absolute atomic E-state index is 0.366. The van der Waals surface area contributed by atoms with Gasteiger partial charge in [0.25, 0.3) is 0 Å². The van der Waals surface area contributed by atoms with Crippen molar-refractivity contribution in [1.82, 2.24) is 19.5 Å². The third kappa shape index (κ3) is 3.68. The molecule has 1 fully saturated rings. The average Bonchev–Trinajstić information content (AvgIpc) is 3.36. The first kappa shape index (κ1) is 19.4. The molecule has 5 rings (SSSR count). The van der Waals surface area contributed by atoms with Crippen molar-refractivity contribution in [2.75, 3.05) is 13.1 Å². The van der Waals surface area contributed by atoms with Crippen molar-refractivity contribution >= 4 is 11.7 Å². The molecule has 1 amide bonds. The van der Waals surface area contributed by atoms with Gasteiger partial charge in [-0.3, -0.25) is 0 Å². The van der Waals surface area contributed by atoms with E-state index in [0.29, 0.717) is 11.6 Å². The Bertz CT molecular complexity index is 1220. The quantitative estimate of drug-likeness (QED) is 0.520. The van der Waals surface area contributed by atoms with Crippen molar-refractivity contribution in [2.45, 2.75) is 25.7 Å². The normalized spacial score (nSPS) is 14.7. The second kappa shape index (κ2) is 7.92. The van der Waals surface area contributed by atoms with Crippen LogP contribution in [0.3, 0.4) is 0 Å². The first-order chi connectivity index (χ1) is 15.1. The molecule has 158 valence electrons. The van der Waals surface area contributed by atoms with Gasteiger partial charge < -0.3 is 15.8 Å². The largest absolute Gasteiger partial charge is 0.457 e. The summed E-state index contributed by atoms with van der Waals surface area (Å²) in [5.41, 5.74) is 10.4. The molecule has 1 saturated heterocycles. The summed E-state index contributed by atoms with van der Waals surface area (Å²) in [5, 5.41) is 7.89. The molecule has 1 aliphatic heterocycles. The summed E-state index contributed by atoms with van der Waals surface area (Å²) in [6.07, 6.45) is 5.77. The van der Waals surface area contributed by atoms with Crippen LogP contribution in [0.25, 0.3) is 16.9 Å². The Morgan fingerprint density at radius 1 is 1.06 bits per heavy atom. The number of piperidine rings is 1. The highest BCUT2D eigenvalue weighted by atomic mass is 16.5. The number of aryl methyl sites for hydroxylation is 1. The van der Waals surface area contributed by atoms with Crippen LogP contribution in [0.1, 0.15) is 29.9 Å². The molecule has 31 heavy (non-hydrogen) atoms. The maximum Gasteiger partial charge on any atom is 0.325 e. The number of aromatic nitrogens is 3. The van der Waals surface area contributed by atoms with Gasteiger partial charge in [0.1, 0.15) is 17.1 Å². The number of nitrogens with zero attached hydrogens (tertiary/aromatic N) is 3. The molecule has 3 heterocycles. The maximum absolute atomic E-state index is 12.4. The fourth-order valence-electron chi connectivity index (χ4n) is 4.27. The number of carbonyl (C=O) groups excluding carboxylic acids is 1. The van der Waals surface area contributed by atoms with Crippen LogP contribution in [0.2, 0.25) is 0 Å². The SMILES string of the molecule is Cc1ccc(Oc2ccc(-c3cn4ncc(C5CCNCC5)c4n3C(N)=O)cc2)cc1. The summed E-state index contributed by atoms with van der Waals surface area (Å²) in [5.74, 6) is 1.87. The number of primary amides is 1. The van der Waals surface area contributed by atoms with Crippen molar-refractivity contribution in [1.29, 1.82) is 0 Å². The molecule has 0 radical (unpaired) electrons. The molecule has 4 aromatic rings. The standard InChI is InChI=1S/C24H25N5O2/c1-16-2-6-19(7-3-16)31-20-8-4-18(5-9-20)22-15-28-23(29(22)24(25)30)21(14-27-28)17-10-12-26-13-11-17/h2-9,14-15,17,26H,10-13H2,1H3,(H2,25,30). The maximum atomic E-state index is 12.4. The molecule has 7 nitrogen and oxygen atoms in total. The summed E-state index contributed by atoms with van der Waals surface area (Å²) >= 11 is 0. The third-order valence-corrected chi connectivity index (χ3v) is 5.90. The van der Waals surface area contributed by atoms with E-state index in [0.717, 1.165) is 54.2 Å². The van der Waals surface area contributed by atoms with E-state index in [2.05, 4.69) is 10.4 Å². The molecule has 0 bridgehead atoms. The summed E-state index contributed by atoms with van der Waals surface area (Å²) in [4.78, 5) is 12.4. The Labute approximate surface area is 180 Å². The second-order valence-electron chi connectivity index (χ2n) is 8.02. The van der Waals surface area contributed by atoms with Gasteiger partial charge in [0.05, 0.1) is 18.1 Å². The van der Waals surface area contributed by atoms with Crippen LogP contribution in [-0.2, 0) is 0 Å². The fourth-order valence-corrected chi connectivity index (χ4v) is 4.27. The van der Waals surface area contributed by atoms with Crippen molar-refractivity contribution in [3.05, 3.63) is 72.1 Å². The van der Waals surface area contributed by atoms with Crippen LogP contribution in [-0.4, -0.2) is 33.3 Å². The number of benzene rings is 2. The highest BCUT2D eigenvalue weighted by Gasteiger charge is 2.25. The van der Waals surface area contributed by atoms with Crippen molar-refractivity contribution < 1.29 is 9.53 Å². The molecule has 0 saturated carbocycles. The van der Waals surface area contributed by atoms with Crippen LogP contribution in [0.15, 0.2) is 60.9 Å². The highest BCUT2D eigenvalue weighted by molar-refractivity contribution is 5.87. The number of fused-ring (bicyclic) bond motifs is 1. The number of ether oxygens (including phenoxy) is 1. The van der Waals surface area contributed by atoms with Gasteiger partial charge in [-0.2, -0.15) is 5.10 Å². The molecule has 0 unspecified atom stereocenters. The summed E-state index contributed by atoms with van der Waals surface area (Å²) in [6.45, 7) is 3.98. The van der Waals surface area contributed by atoms with E-state index in [4.69, 9.17) is 10.5 Å². The first-order valence-corrected chi connectivity index (χ1v) is 10.5. The van der Waals surface area contributed by atoms with Gasteiger partial charge in [-0.15, -0.1) is 0 Å². The van der Waals surface area contributed by atoms with E-state index in [-0.39, 0.29) is 0 Å². The molecule has 7 heteroatoms. The Morgan fingerprint density at radius 3 is 2.35 bits per heavy atom. The highest BCUT2D eigenvalue weighted by Crippen LogP contribution is 2.33. The lowest BCUT2D eigenvalue weighted by Crippen LogP contribution is -2.27. The Morgan fingerprint density at radius 2 is 1.71 bits per heavy atom. The number of rotatable bonds is 4. The second-order valence-corrected chi connectivity index (χ2v) is 8.02. The zero-order valence-corrected chi connectivity index (χ0v) is 17.4. The predicted octanol–water partition coefficient (Wildman–Crippen LogP) is 4.30. The van der Waals surface area contributed by atoms with Gasteiger partial charge in [-0.1, -0.05) is 17.7 Å². The monoisotopic (exact) mass is 415 g/mol. The van der Waals surface area contributed by atoms with E-state index in [1.165, 1.54) is 5.56 Å². The number of hydrogen-bond acceptors (Lipinski definition) is 4. The van der Waals surface area contributed by atoms with Gasteiger partial charge in [0.15, 0.2) is 0 Å². The number of amides is 1. The van der Waals surface area contributed by atoms with Gasteiger partial charge >= 0.3 is 6.03 Å². The van der Waals surface area contributed by atoms with E-state index < -0.39 is 6.03 Å². The van der Waals surface area contributed by atoms with E-state index >= 15 is 0 Å². The van der Waals surface area contributed by atoms with Gasteiger partial charge in [-0.05, 0) is 75.2 Å². The molecular formula is C24H25N5O2. The lowest BCUT2D eigenvalue weighted by atomic mass is 9.92. The molecule has 2 aromatic carbocycles. The molecule has 0 atom stereocenters. The topological polar surface area (TPSA) is 86.6 Å². The summed E-state index contributed by atoms with van der Waals surface area (Å²) in [6, 6.07) is 15.1. The van der Waals surface area contributed by atoms with Crippen LogP contribution in [0.4, 0.5) is 4.79 Å². The Hall–Kier alpha value is -3.58. The first-order valence-electron chi connectivity index (χ1n) is 10.5. The Balaban J connectivity index is 1.49. The van der Waals surface area contributed by atoms with Crippen LogP contribution >= 0.6 is 0 Å². The zero-order valence-electron chi connectivity index (χ0n) is 17.4. The minimum atomic E-state index is -0.513. The fraction of sp³-hybridized carbons (Fsp3) is 0.250. The molecule has 0 aliphatic carbocycles. The Kier molecular flexibility index (Phi) is 4.95. The van der Waals surface area contributed by atoms with Crippen LogP contribution in [0.5, 0.6) is 11.5 Å². The predicted molar refractivity (Wildman–Crippen MR) is 120 cm³/mol. The van der Waals surface area contributed by atoms with Gasteiger partial charge in [0.2, 0.25) is 0 Å². The zero-order chi connectivity index (χ0) is 21.4. The third-order valence-electron chi connectivity index (χ3n) is 5.90. The number of hydrogen-bond donors (Lipinski definition) is 2. The van der Waals surface area contributed by atoms with Crippen LogP contribution < -0.4 is 15.8 Å². The van der Waals surface area contributed by atoms with Crippen molar-refractivity contribution in [3.63, 3.8) is 0 Å². The van der Waals surface area contributed by atoms with Gasteiger partial charge in [0, 0.05) is 11.1 Å². The number of carbonyl (C=O) groups is 1. The van der Waals surface area contributed by atoms with Gasteiger partial charge in [-0.25, -0.2) is 13.9 Å². The molecular weight excluding hydrogens is 390 g/mol. The smallest absolute Gasteiger partial charge is 0.325 e. The van der Waals surface area contributed by atoms with E-state index in [1.807, 2.05) is 67.8 Å². The average molecular weight is 415 g/mol. The van der Waals surface area contributed by atoms with E-state index in [1.54, 1.807) is 9.08 Å². The molecule has 0 spiro atoms. The number of imidazole rings is 1.